The lowest BCUT2D eigenvalue weighted by Gasteiger charge is -2.32. The number of thiazole rings is 1. The number of benzene rings is 1. The van der Waals surface area contributed by atoms with E-state index in [4.69, 9.17) is 24.5 Å². The van der Waals surface area contributed by atoms with Crippen molar-refractivity contribution < 1.29 is 23.6 Å². The first kappa shape index (κ1) is 9.02. The van der Waals surface area contributed by atoms with Crippen LogP contribution in [0.2, 0.25) is 1.41 Å². The number of nitriles is 1. The molecule has 0 aliphatic carbocycles. The Bertz CT molecular complexity index is 1550. The Hall–Kier alpha value is -2.63. The van der Waals surface area contributed by atoms with Crippen LogP contribution in [-0.4, -0.2) is 39.0 Å². The lowest BCUT2D eigenvalue weighted by atomic mass is 10.0. The first-order chi connectivity index (χ1) is 19.5. The van der Waals surface area contributed by atoms with E-state index in [1.807, 2.05) is 0 Å². The number of fused-ring (bicyclic) bond motifs is 1. The van der Waals surface area contributed by atoms with Crippen LogP contribution in [0.4, 0.5) is 10.2 Å². The molecule has 150 valence electrons. The Kier molecular flexibility index (Phi) is 2.61. The zero-order valence-corrected chi connectivity index (χ0v) is 15.6. The van der Waals surface area contributed by atoms with Crippen molar-refractivity contribution >= 4 is 27.5 Å². The monoisotopic (exact) mass is 424 g/mol. The molecule has 2 aromatic heterocycles. The van der Waals surface area contributed by atoms with Crippen LogP contribution in [-0.2, 0) is 6.52 Å². The van der Waals surface area contributed by atoms with E-state index in [-0.39, 0.29) is 26.8 Å². The van der Waals surface area contributed by atoms with E-state index in [1.54, 1.807) is 6.07 Å². The van der Waals surface area contributed by atoms with Gasteiger partial charge in [0.1, 0.15) is 28.7 Å². The van der Waals surface area contributed by atoms with Crippen molar-refractivity contribution in [2.45, 2.75) is 44.9 Å². The van der Waals surface area contributed by atoms with E-state index < -0.39 is 74.6 Å². The first-order valence-electron chi connectivity index (χ1n) is 15.3. The maximum atomic E-state index is 13.8. The Morgan fingerprint density at radius 3 is 3.14 bits per heavy atom. The summed E-state index contributed by atoms with van der Waals surface area (Å²) in [5.41, 5.74) is -0.637. The topological polar surface area (TPSA) is 77.7 Å². The summed E-state index contributed by atoms with van der Waals surface area (Å²) in [5, 5.41) is 8.56. The summed E-state index contributed by atoms with van der Waals surface area (Å²) in [6.07, 6.45) is -4.98. The van der Waals surface area contributed by atoms with Crippen LogP contribution in [0.5, 0.6) is 0 Å². The Morgan fingerprint density at radius 1 is 1.55 bits per heavy atom. The fraction of sp³-hybridized carbons (Fsp3) is 0.429. The third-order valence-corrected chi connectivity index (χ3v) is 5.00. The second-order valence-corrected chi connectivity index (χ2v) is 6.94. The SMILES string of the molecule is [2H]C(c1ccc(F)c(C#N)c1)N1CC([2H])([2H])C([2H])(N([2H])c2ncnc3nc(C([2H])(C([2H])([2H])[2H])C([2H])([2H])[2H])sc23)C([2H])([2H])C1. The van der Waals surface area contributed by atoms with Gasteiger partial charge in [0.25, 0.3) is 0 Å². The highest BCUT2D eigenvalue weighted by Gasteiger charge is 2.21. The van der Waals surface area contributed by atoms with Crippen molar-refractivity contribution in [3.63, 3.8) is 0 Å². The molecule has 29 heavy (non-hydrogen) atoms. The van der Waals surface area contributed by atoms with Gasteiger partial charge in [0.2, 0.25) is 0 Å². The number of likely N-dealkylation sites (tertiary alicyclic amines) is 1. The van der Waals surface area contributed by atoms with Crippen LogP contribution in [0, 0.1) is 17.1 Å². The zero-order valence-electron chi connectivity index (χ0n) is 28.8. The molecule has 0 spiro atoms. The zero-order chi connectivity index (χ0) is 32.6. The van der Waals surface area contributed by atoms with Gasteiger partial charge in [-0.05, 0) is 30.4 Å². The average molecular weight is 425 g/mol. The fourth-order valence-electron chi connectivity index (χ4n) is 2.60. The van der Waals surface area contributed by atoms with E-state index in [9.17, 15) is 4.39 Å². The quantitative estimate of drug-likeness (QED) is 0.658. The van der Waals surface area contributed by atoms with Crippen LogP contribution in [0.15, 0.2) is 24.5 Å². The van der Waals surface area contributed by atoms with Crippen molar-refractivity contribution in [3.05, 3.63) is 46.5 Å². The van der Waals surface area contributed by atoms with E-state index in [2.05, 4.69) is 15.0 Å². The van der Waals surface area contributed by atoms with Gasteiger partial charge in [-0.2, -0.15) is 5.26 Å². The van der Waals surface area contributed by atoms with Crippen molar-refractivity contribution in [2.75, 3.05) is 18.4 Å². The minimum absolute atomic E-state index is 0.0712. The van der Waals surface area contributed by atoms with E-state index in [0.717, 1.165) is 23.4 Å². The molecule has 1 aliphatic heterocycles. The highest BCUT2D eigenvalue weighted by molar-refractivity contribution is 7.19. The molecule has 1 aromatic carbocycles. The highest BCUT2D eigenvalue weighted by Crippen LogP contribution is 2.31. The molecule has 1 atom stereocenters. The van der Waals surface area contributed by atoms with E-state index >= 15 is 0 Å². The maximum absolute atomic E-state index is 13.8. The van der Waals surface area contributed by atoms with Gasteiger partial charge < -0.3 is 5.31 Å². The Morgan fingerprint density at radius 2 is 2.38 bits per heavy atom. The Balaban J connectivity index is 1.78. The third kappa shape index (κ3) is 4.36. The summed E-state index contributed by atoms with van der Waals surface area (Å²) >= 11 is 0.352. The fourth-order valence-corrected chi connectivity index (χ4v) is 3.40. The molecule has 1 aliphatic rings. The van der Waals surface area contributed by atoms with E-state index in [0.29, 0.717) is 11.3 Å². The molecule has 0 radical (unpaired) electrons. The molecule has 6 nitrogen and oxygen atoms in total. The maximum Gasteiger partial charge on any atom is 0.175 e. The minimum atomic E-state index is -3.38. The lowest BCUT2D eigenvalue weighted by Crippen LogP contribution is -2.38. The second-order valence-electron chi connectivity index (χ2n) is 5.94. The predicted molar refractivity (Wildman–Crippen MR) is 112 cm³/mol. The predicted octanol–water partition coefficient (Wildman–Crippen LogP) is 4.30. The number of halogens is 1. The largest absolute Gasteiger partial charge is 0.366 e. The van der Waals surface area contributed by atoms with Crippen LogP contribution >= 0.6 is 11.3 Å². The molecule has 0 saturated carbocycles. The van der Waals surface area contributed by atoms with Gasteiger partial charge in [-0.15, -0.1) is 11.3 Å². The Labute approximate surface area is 193 Å². The summed E-state index contributed by atoms with van der Waals surface area (Å²) in [4.78, 5) is 12.7. The molecule has 3 aromatic rings. The number of anilines is 1. The number of piperidine rings is 1. The van der Waals surface area contributed by atoms with Gasteiger partial charge in [0.15, 0.2) is 7.06 Å². The molecule has 0 bridgehead atoms. The number of nitrogens with zero attached hydrogens (tertiary/aromatic N) is 5. The molecule has 8 heteroatoms. The number of rotatable bonds is 5. The second kappa shape index (κ2) is 8.39. The number of hydrogen-bond donors (Lipinski definition) is 1. The third-order valence-electron chi connectivity index (χ3n) is 3.95. The molecule has 3 heterocycles. The summed E-state index contributed by atoms with van der Waals surface area (Å²) in [6, 6.07) is 1.81. The summed E-state index contributed by atoms with van der Waals surface area (Å²) < 4.78 is 129. The van der Waals surface area contributed by atoms with Gasteiger partial charge in [0, 0.05) is 48.0 Å². The molecule has 1 N–H and O–H groups in total. The smallest absolute Gasteiger partial charge is 0.175 e. The summed E-state index contributed by atoms with van der Waals surface area (Å²) in [5.74, 6) is -4.62. The van der Waals surface area contributed by atoms with Crippen LogP contribution < -0.4 is 5.31 Å². The molecule has 4 rings (SSSR count). The number of hydrogen-bond acceptors (Lipinski definition) is 7. The standard InChI is InChI=1S/C21H23FN6S/c1-13(2)21-27-20-18(29-21)19(24-12-25-20)26-16-5-7-28(8-6-16)11-14-3-4-17(22)15(9-14)10-23/h3-4,9,12-13,16H,5-8,11H2,1-2H3,(H,24,25,26)/i1D3,2D3,5D2,6D2,11D,13D,16D/hD. The molecular weight excluding hydrogens is 387 g/mol. The van der Waals surface area contributed by atoms with Gasteiger partial charge in [-0.3, -0.25) is 4.90 Å². The lowest BCUT2D eigenvalue weighted by molar-refractivity contribution is 0.211. The average Bonchev–Trinajstić information content (AvgIpc) is 3.33. The van der Waals surface area contributed by atoms with Crippen molar-refractivity contribution in [1.82, 2.24) is 19.9 Å². The first-order valence-corrected chi connectivity index (χ1v) is 9.12. The molecule has 1 fully saturated rings. The normalized spacial score (nSPS) is 29.7. The van der Waals surface area contributed by atoms with Crippen molar-refractivity contribution in [3.8, 4) is 6.07 Å². The van der Waals surface area contributed by atoms with Gasteiger partial charge >= 0.3 is 0 Å². The molecule has 0 amide bonds. The van der Waals surface area contributed by atoms with Gasteiger partial charge in [-0.1, -0.05) is 19.8 Å². The number of nitrogens with one attached hydrogen (secondary N) is 1. The number of aromatic nitrogens is 3. The van der Waals surface area contributed by atoms with Gasteiger partial charge in [0.05, 0.1) is 11.9 Å². The molecule has 1 saturated heterocycles. The van der Waals surface area contributed by atoms with Crippen LogP contribution in [0.25, 0.3) is 10.3 Å². The molecule has 1 unspecified atom stereocenters. The van der Waals surface area contributed by atoms with Crippen LogP contribution in [0.3, 0.4) is 0 Å². The summed E-state index contributed by atoms with van der Waals surface area (Å²) in [7, 11) is 0. The minimum Gasteiger partial charge on any atom is -0.366 e. The van der Waals surface area contributed by atoms with Crippen molar-refractivity contribution in [1.29, 1.82) is 5.26 Å². The van der Waals surface area contributed by atoms with Crippen molar-refractivity contribution in [2.24, 2.45) is 0 Å². The van der Waals surface area contributed by atoms with Crippen LogP contribution in [0.1, 0.15) is 66.3 Å². The summed E-state index contributed by atoms with van der Waals surface area (Å²) in [6.45, 7) is -9.75. The molecular formula is C21H23FN6S. The van der Waals surface area contributed by atoms with E-state index in [1.165, 1.54) is 6.07 Å². The highest BCUT2D eigenvalue weighted by atomic mass is 32.1. The van der Waals surface area contributed by atoms with Gasteiger partial charge in [-0.25, -0.2) is 19.3 Å².